The fourth-order valence-electron chi connectivity index (χ4n) is 0.723. The normalized spacial score (nSPS) is 12.6. The van der Waals surface area contributed by atoms with E-state index in [2.05, 4.69) is 15.0 Å². The van der Waals surface area contributed by atoms with Crippen molar-refractivity contribution in [3.63, 3.8) is 0 Å². The highest BCUT2D eigenvalue weighted by atomic mass is 127. The number of rotatable bonds is 2. The summed E-state index contributed by atoms with van der Waals surface area (Å²) in [6, 6.07) is -0.411. The zero-order chi connectivity index (χ0) is 9.14. The van der Waals surface area contributed by atoms with Gasteiger partial charge in [-0.2, -0.15) is 0 Å². The maximum absolute atomic E-state index is 11.0. The summed E-state index contributed by atoms with van der Waals surface area (Å²) >= 11 is 2.02. The number of carbonyl (C=O) groups is 1. The van der Waals surface area contributed by atoms with Crippen molar-refractivity contribution in [3.8, 4) is 0 Å². The molecule has 0 aliphatic carbocycles. The molecule has 1 heterocycles. The molecular weight excluding hydrogens is 273 g/mol. The summed E-state index contributed by atoms with van der Waals surface area (Å²) in [6.07, 6.45) is 1.68. The molecule has 1 aromatic heterocycles. The van der Waals surface area contributed by atoms with Gasteiger partial charge in [0.15, 0.2) is 0 Å². The van der Waals surface area contributed by atoms with Crippen LogP contribution in [-0.4, -0.2) is 28.1 Å². The molecular formula is C6H8IN3O2. The highest BCUT2D eigenvalue weighted by Crippen LogP contribution is 2.07. The molecule has 12 heavy (non-hydrogen) atoms. The van der Waals surface area contributed by atoms with Crippen LogP contribution >= 0.6 is 22.6 Å². The predicted molar refractivity (Wildman–Crippen MR) is 49.5 cm³/mol. The summed E-state index contributed by atoms with van der Waals surface area (Å²) in [6.45, 7) is 1.70. The summed E-state index contributed by atoms with van der Waals surface area (Å²) in [5.74, 6) is -0.323. The Labute approximate surface area is 83.2 Å². The first-order chi connectivity index (χ1) is 5.65. The second-order valence-electron chi connectivity index (χ2n) is 2.22. The molecule has 0 aliphatic heterocycles. The van der Waals surface area contributed by atoms with Crippen molar-refractivity contribution in [1.29, 1.82) is 0 Å². The quantitative estimate of drug-likeness (QED) is 0.589. The van der Waals surface area contributed by atoms with Gasteiger partial charge in [0.25, 0.3) is 0 Å². The molecule has 0 aromatic carbocycles. The van der Waals surface area contributed by atoms with E-state index in [0.29, 0.717) is 0 Å². The van der Waals surface area contributed by atoms with Crippen molar-refractivity contribution in [3.05, 3.63) is 9.90 Å². The van der Waals surface area contributed by atoms with Crippen molar-refractivity contribution in [1.82, 2.24) is 15.0 Å². The number of aromatic nitrogens is 3. The van der Waals surface area contributed by atoms with Crippen LogP contribution in [0.1, 0.15) is 13.0 Å². The van der Waals surface area contributed by atoms with E-state index < -0.39 is 6.04 Å². The molecule has 0 N–H and O–H groups in total. The Morgan fingerprint density at radius 1 is 1.83 bits per heavy atom. The third-order valence-electron chi connectivity index (χ3n) is 1.42. The van der Waals surface area contributed by atoms with Crippen LogP contribution in [0.5, 0.6) is 0 Å². The Kier molecular flexibility index (Phi) is 3.01. The van der Waals surface area contributed by atoms with Gasteiger partial charge in [0, 0.05) is 0 Å². The van der Waals surface area contributed by atoms with Crippen LogP contribution in [0.4, 0.5) is 0 Å². The topological polar surface area (TPSA) is 57.0 Å². The van der Waals surface area contributed by atoms with E-state index in [4.69, 9.17) is 0 Å². The summed E-state index contributed by atoms with van der Waals surface area (Å²) in [5.41, 5.74) is 0. The Hall–Kier alpha value is -0.660. The lowest BCUT2D eigenvalue weighted by atomic mass is 10.3. The van der Waals surface area contributed by atoms with Gasteiger partial charge in [0.1, 0.15) is 9.74 Å². The maximum Gasteiger partial charge on any atom is 0.330 e. The Morgan fingerprint density at radius 3 is 2.92 bits per heavy atom. The lowest BCUT2D eigenvalue weighted by Crippen LogP contribution is -2.18. The molecule has 0 amide bonds. The maximum atomic E-state index is 11.0. The molecule has 0 bridgehead atoms. The van der Waals surface area contributed by atoms with E-state index in [-0.39, 0.29) is 5.97 Å². The largest absolute Gasteiger partial charge is 0.467 e. The molecule has 6 heteroatoms. The number of methoxy groups -OCH3 is 1. The van der Waals surface area contributed by atoms with Gasteiger partial charge in [-0.25, -0.2) is 9.48 Å². The van der Waals surface area contributed by atoms with Crippen molar-refractivity contribution in [2.24, 2.45) is 0 Å². The summed E-state index contributed by atoms with van der Waals surface area (Å²) in [7, 11) is 1.35. The highest BCUT2D eigenvalue weighted by molar-refractivity contribution is 14.1. The first kappa shape index (κ1) is 9.43. The first-order valence-electron chi connectivity index (χ1n) is 3.30. The SMILES string of the molecule is COC(=O)C(C)n1cc(I)nn1. The molecule has 0 saturated heterocycles. The Bertz CT molecular complexity index is 286. The van der Waals surface area contributed by atoms with Gasteiger partial charge in [-0.1, -0.05) is 5.21 Å². The van der Waals surface area contributed by atoms with Crippen LogP contribution in [0.3, 0.4) is 0 Å². The number of esters is 1. The second-order valence-corrected chi connectivity index (χ2v) is 3.33. The number of hydrogen-bond acceptors (Lipinski definition) is 4. The van der Waals surface area contributed by atoms with Gasteiger partial charge in [-0.05, 0) is 29.5 Å². The summed E-state index contributed by atoms with van der Waals surface area (Å²) in [4.78, 5) is 11.0. The monoisotopic (exact) mass is 281 g/mol. The molecule has 1 atom stereocenters. The fourth-order valence-corrected chi connectivity index (χ4v) is 1.10. The van der Waals surface area contributed by atoms with E-state index >= 15 is 0 Å². The standard InChI is InChI=1S/C6H8IN3O2/c1-4(6(11)12-2)10-3-5(7)8-9-10/h3-4H,1-2H3. The molecule has 5 nitrogen and oxygen atoms in total. The minimum absolute atomic E-state index is 0.323. The van der Waals surface area contributed by atoms with E-state index in [0.717, 1.165) is 3.70 Å². The molecule has 0 aliphatic rings. The van der Waals surface area contributed by atoms with Gasteiger partial charge < -0.3 is 4.74 Å². The van der Waals surface area contributed by atoms with Crippen LogP contribution in [0.25, 0.3) is 0 Å². The van der Waals surface area contributed by atoms with Gasteiger partial charge in [-0.3, -0.25) is 0 Å². The molecule has 1 rings (SSSR count). The number of nitrogens with zero attached hydrogens (tertiary/aromatic N) is 3. The van der Waals surface area contributed by atoms with Crippen LogP contribution in [0.2, 0.25) is 0 Å². The lowest BCUT2D eigenvalue weighted by molar-refractivity contribution is -0.144. The van der Waals surface area contributed by atoms with Crippen molar-refractivity contribution in [2.75, 3.05) is 7.11 Å². The number of carbonyl (C=O) groups excluding carboxylic acids is 1. The van der Waals surface area contributed by atoms with Crippen LogP contribution in [-0.2, 0) is 9.53 Å². The van der Waals surface area contributed by atoms with Gasteiger partial charge in [-0.15, -0.1) is 5.10 Å². The van der Waals surface area contributed by atoms with E-state index in [1.807, 2.05) is 22.6 Å². The molecule has 0 fully saturated rings. The zero-order valence-electron chi connectivity index (χ0n) is 6.69. The third-order valence-corrected chi connectivity index (χ3v) is 1.92. The van der Waals surface area contributed by atoms with Crippen LogP contribution in [0.15, 0.2) is 6.20 Å². The lowest BCUT2D eigenvalue weighted by Gasteiger charge is -2.07. The molecule has 1 unspecified atom stereocenters. The molecule has 0 spiro atoms. The smallest absolute Gasteiger partial charge is 0.330 e. The van der Waals surface area contributed by atoms with E-state index in [1.165, 1.54) is 11.8 Å². The summed E-state index contributed by atoms with van der Waals surface area (Å²) in [5, 5.41) is 7.49. The number of halogens is 1. The van der Waals surface area contributed by atoms with E-state index in [9.17, 15) is 4.79 Å². The van der Waals surface area contributed by atoms with Crippen molar-refractivity contribution in [2.45, 2.75) is 13.0 Å². The number of ether oxygens (including phenoxy) is 1. The number of hydrogen-bond donors (Lipinski definition) is 0. The molecule has 0 saturated carbocycles. The van der Waals surface area contributed by atoms with Crippen molar-refractivity contribution < 1.29 is 9.53 Å². The van der Waals surface area contributed by atoms with Crippen LogP contribution in [0, 0.1) is 3.70 Å². The Morgan fingerprint density at radius 2 is 2.50 bits per heavy atom. The fraction of sp³-hybridized carbons (Fsp3) is 0.500. The van der Waals surface area contributed by atoms with Gasteiger partial charge in [0.2, 0.25) is 0 Å². The third kappa shape index (κ3) is 1.93. The van der Waals surface area contributed by atoms with E-state index in [1.54, 1.807) is 13.1 Å². The Balaban J connectivity index is 2.77. The van der Waals surface area contributed by atoms with Gasteiger partial charge >= 0.3 is 5.97 Å². The molecule has 66 valence electrons. The average molecular weight is 281 g/mol. The summed E-state index contributed by atoms with van der Waals surface area (Å²) < 4.78 is 6.76. The minimum Gasteiger partial charge on any atom is -0.467 e. The highest BCUT2D eigenvalue weighted by Gasteiger charge is 2.16. The molecule has 0 radical (unpaired) electrons. The van der Waals surface area contributed by atoms with Gasteiger partial charge in [0.05, 0.1) is 13.3 Å². The predicted octanol–water partition coefficient (Wildman–Crippen LogP) is 0.617. The minimum atomic E-state index is -0.411. The second kappa shape index (κ2) is 3.83. The average Bonchev–Trinajstić information content (AvgIpc) is 2.49. The van der Waals surface area contributed by atoms with Crippen molar-refractivity contribution >= 4 is 28.6 Å². The molecule has 1 aromatic rings. The zero-order valence-corrected chi connectivity index (χ0v) is 8.85. The first-order valence-corrected chi connectivity index (χ1v) is 4.38. The van der Waals surface area contributed by atoms with Crippen LogP contribution < -0.4 is 0 Å².